The zero-order valence-corrected chi connectivity index (χ0v) is 12.4. The SMILES string of the molecule is CNc1nc(-c2ccc(OC)c(Cl)c2)c(C(C)=O)s1. The van der Waals surface area contributed by atoms with E-state index < -0.39 is 0 Å². The minimum Gasteiger partial charge on any atom is -0.495 e. The van der Waals surface area contributed by atoms with Gasteiger partial charge in [0.25, 0.3) is 0 Å². The molecule has 0 fully saturated rings. The van der Waals surface area contributed by atoms with E-state index in [0.717, 1.165) is 5.56 Å². The van der Waals surface area contributed by atoms with Gasteiger partial charge in [-0.2, -0.15) is 0 Å². The van der Waals surface area contributed by atoms with E-state index in [4.69, 9.17) is 16.3 Å². The number of ether oxygens (including phenoxy) is 1. The average Bonchev–Trinajstić information content (AvgIpc) is 2.83. The highest BCUT2D eigenvalue weighted by atomic mass is 35.5. The number of anilines is 1. The van der Waals surface area contributed by atoms with Crippen LogP contribution < -0.4 is 10.1 Å². The van der Waals surface area contributed by atoms with Crippen LogP contribution in [0.2, 0.25) is 5.02 Å². The van der Waals surface area contributed by atoms with Crippen LogP contribution in [0, 0.1) is 0 Å². The number of aromatic nitrogens is 1. The largest absolute Gasteiger partial charge is 0.495 e. The van der Waals surface area contributed by atoms with Gasteiger partial charge in [0, 0.05) is 19.5 Å². The highest BCUT2D eigenvalue weighted by molar-refractivity contribution is 7.18. The molecule has 4 nitrogen and oxygen atoms in total. The number of methoxy groups -OCH3 is 1. The Morgan fingerprint density at radius 3 is 2.74 bits per heavy atom. The van der Waals surface area contributed by atoms with E-state index in [-0.39, 0.29) is 5.78 Å². The minimum absolute atomic E-state index is 0.0130. The summed E-state index contributed by atoms with van der Waals surface area (Å²) >= 11 is 7.43. The third kappa shape index (κ3) is 2.72. The topological polar surface area (TPSA) is 51.2 Å². The Hall–Kier alpha value is -1.59. The number of nitrogens with zero attached hydrogens (tertiary/aromatic N) is 1. The molecule has 1 aromatic heterocycles. The molecule has 0 saturated heterocycles. The summed E-state index contributed by atoms with van der Waals surface area (Å²) in [6, 6.07) is 5.35. The second-order valence-corrected chi connectivity index (χ2v) is 5.26. The van der Waals surface area contributed by atoms with Gasteiger partial charge in [-0.15, -0.1) is 0 Å². The van der Waals surface area contributed by atoms with E-state index in [1.165, 1.54) is 18.3 Å². The Kier molecular flexibility index (Phi) is 4.07. The lowest BCUT2D eigenvalue weighted by atomic mass is 10.1. The van der Waals surface area contributed by atoms with Gasteiger partial charge in [0.1, 0.15) is 5.75 Å². The molecular formula is C13H13ClN2O2S. The maximum atomic E-state index is 11.7. The molecular weight excluding hydrogens is 284 g/mol. The summed E-state index contributed by atoms with van der Waals surface area (Å²) in [7, 11) is 3.33. The number of carbonyl (C=O) groups is 1. The third-order valence-electron chi connectivity index (χ3n) is 2.59. The van der Waals surface area contributed by atoms with Crippen molar-refractivity contribution in [3.05, 3.63) is 28.1 Å². The molecule has 0 atom stereocenters. The average molecular weight is 297 g/mol. The molecule has 6 heteroatoms. The lowest BCUT2D eigenvalue weighted by Crippen LogP contribution is -1.92. The van der Waals surface area contributed by atoms with E-state index in [1.54, 1.807) is 26.3 Å². The first-order valence-electron chi connectivity index (χ1n) is 5.60. The molecule has 0 saturated carbocycles. The predicted octanol–water partition coefficient (Wildman–Crippen LogP) is 3.72. The summed E-state index contributed by atoms with van der Waals surface area (Å²) in [5.41, 5.74) is 1.44. The third-order valence-corrected chi connectivity index (χ3v) is 4.06. The summed E-state index contributed by atoms with van der Waals surface area (Å²) < 4.78 is 5.11. The Morgan fingerprint density at radius 2 is 2.21 bits per heavy atom. The second-order valence-electron chi connectivity index (χ2n) is 3.85. The van der Waals surface area contributed by atoms with Crippen LogP contribution in [0.4, 0.5) is 5.13 Å². The number of ketones is 1. The number of hydrogen-bond donors (Lipinski definition) is 1. The molecule has 19 heavy (non-hydrogen) atoms. The summed E-state index contributed by atoms with van der Waals surface area (Å²) in [4.78, 5) is 16.7. The zero-order valence-electron chi connectivity index (χ0n) is 10.8. The second kappa shape index (κ2) is 5.59. The molecule has 0 spiro atoms. The molecule has 2 aromatic rings. The van der Waals surface area contributed by atoms with E-state index in [0.29, 0.717) is 26.5 Å². The minimum atomic E-state index is -0.0130. The van der Waals surface area contributed by atoms with E-state index >= 15 is 0 Å². The summed E-state index contributed by atoms with van der Waals surface area (Å²) in [5.74, 6) is 0.583. The monoisotopic (exact) mass is 296 g/mol. The normalized spacial score (nSPS) is 10.3. The van der Waals surface area contributed by atoms with Crippen molar-refractivity contribution in [3.63, 3.8) is 0 Å². The summed E-state index contributed by atoms with van der Waals surface area (Å²) in [5, 5.41) is 4.14. The molecule has 100 valence electrons. The Balaban J connectivity index is 2.54. The Morgan fingerprint density at radius 1 is 1.47 bits per heavy atom. The highest BCUT2D eigenvalue weighted by Crippen LogP contribution is 2.35. The highest BCUT2D eigenvalue weighted by Gasteiger charge is 2.17. The van der Waals surface area contributed by atoms with Gasteiger partial charge in [0.15, 0.2) is 10.9 Å². The van der Waals surface area contributed by atoms with Gasteiger partial charge in [-0.25, -0.2) is 4.98 Å². The van der Waals surface area contributed by atoms with Crippen molar-refractivity contribution >= 4 is 33.9 Å². The molecule has 0 aliphatic heterocycles. The van der Waals surface area contributed by atoms with Crippen molar-refractivity contribution < 1.29 is 9.53 Å². The number of Topliss-reactive ketones (excluding diaryl/α,β-unsaturated/α-hetero) is 1. The van der Waals surface area contributed by atoms with Crippen LogP contribution in [-0.4, -0.2) is 24.9 Å². The number of hydrogen-bond acceptors (Lipinski definition) is 5. The smallest absolute Gasteiger partial charge is 0.183 e. The fourth-order valence-electron chi connectivity index (χ4n) is 1.68. The molecule has 2 rings (SSSR count). The van der Waals surface area contributed by atoms with Gasteiger partial charge in [0.2, 0.25) is 0 Å². The maximum absolute atomic E-state index is 11.7. The molecule has 0 amide bonds. The molecule has 0 aliphatic carbocycles. The van der Waals surface area contributed by atoms with Gasteiger partial charge >= 0.3 is 0 Å². The molecule has 0 bridgehead atoms. The molecule has 0 unspecified atom stereocenters. The van der Waals surface area contributed by atoms with Crippen LogP contribution in [0.15, 0.2) is 18.2 Å². The Labute approximate surface area is 120 Å². The van der Waals surface area contributed by atoms with E-state index in [2.05, 4.69) is 10.3 Å². The van der Waals surface area contributed by atoms with E-state index in [9.17, 15) is 4.79 Å². The zero-order chi connectivity index (χ0) is 14.0. The van der Waals surface area contributed by atoms with Crippen molar-refractivity contribution in [2.24, 2.45) is 0 Å². The van der Waals surface area contributed by atoms with Gasteiger partial charge in [0.05, 0.1) is 22.7 Å². The van der Waals surface area contributed by atoms with Gasteiger partial charge in [-0.1, -0.05) is 22.9 Å². The van der Waals surface area contributed by atoms with Gasteiger partial charge < -0.3 is 10.1 Å². The van der Waals surface area contributed by atoms with Crippen molar-refractivity contribution in [2.75, 3.05) is 19.5 Å². The van der Waals surface area contributed by atoms with Crippen LogP contribution in [-0.2, 0) is 0 Å². The van der Waals surface area contributed by atoms with Gasteiger partial charge in [-0.05, 0) is 18.2 Å². The van der Waals surface area contributed by atoms with Crippen LogP contribution >= 0.6 is 22.9 Å². The maximum Gasteiger partial charge on any atom is 0.183 e. The fraction of sp³-hybridized carbons (Fsp3) is 0.231. The Bertz CT molecular complexity index is 625. The number of carbonyl (C=O) groups excluding carboxylic acids is 1. The molecule has 1 heterocycles. The number of benzene rings is 1. The first kappa shape index (κ1) is 13.8. The number of rotatable bonds is 4. The standard InChI is InChI=1S/C13H13ClN2O2S/c1-7(17)12-11(16-13(15-2)19-12)8-4-5-10(18-3)9(14)6-8/h4-6H,1-3H3,(H,15,16). The molecule has 1 N–H and O–H groups in total. The van der Waals surface area contributed by atoms with Crippen LogP contribution in [0.3, 0.4) is 0 Å². The van der Waals surface area contributed by atoms with Crippen LogP contribution in [0.25, 0.3) is 11.3 Å². The van der Waals surface area contributed by atoms with Crippen molar-refractivity contribution in [2.45, 2.75) is 6.92 Å². The molecule has 0 radical (unpaired) electrons. The van der Waals surface area contributed by atoms with Crippen LogP contribution in [0.1, 0.15) is 16.6 Å². The molecule has 1 aromatic carbocycles. The predicted molar refractivity (Wildman–Crippen MR) is 78.7 cm³/mol. The first-order valence-corrected chi connectivity index (χ1v) is 6.79. The van der Waals surface area contributed by atoms with Crippen molar-refractivity contribution in [1.82, 2.24) is 4.98 Å². The lowest BCUT2D eigenvalue weighted by Gasteiger charge is -2.05. The molecule has 0 aliphatic rings. The van der Waals surface area contributed by atoms with Crippen LogP contribution in [0.5, 0.6) is 5.75 Å². The quantitative estimate of drug-likeness (QED) is 0.874. The van der Waals surface area contributed by atoms with E-state index in [1.807, 2.05) is 6.07 Å². The number of thiazole rings is 1. The summed E-state index contributed by atoms with van der Waals surface area (Å²) in [6.45, 7) is 1.53. The number of halogens is 1. The summed E-state index contributed by atoms with van der Waals surface area (Å²) in [6.07, 6.45) is 0. The van der Waals surface area contributed by atoms with Crippen molar-refractivity contribution in [3.8, 4) is 17.0 Å². The van der Waals surface area contributed by atoms with Crippen molar-refractivity contribution in [1.29, 1.82) is 0 Å². The first-order chi connectivity index (χ1) is 9.06. The number of nitrogens with one attached hydrogen (secondary N) is 1. The lowest BCUT2D eigenvalue weighted by molar-refractivity contribution is 0.102. The van der Waals surface area contributed by atoms with Gasteiger partial charge in [-0.3, -0.25) is 4.79 Å². The fourth-order valence-corrected chi connectivity index (χ4v) is 2.77.